The fraction of sp³-hybridized carbons (Fsp3) is 0.172. The van der Waals surface area contributed by atoms with Crippen LogP contribution < -0.4 is 5.46 Å². The van der Waals surface area contributed by atoms with Gasteiger partial charge >= 0.3 is 7.12 Å². The molecule has 0 radical (unpaired) electrons. The Morgan fingerprint density at radius 3 is 2.50 bits per heavy atom. The molecular formula is C29H25BN2O2. The molecule has 3 aromatic carbocycles. The Kier molecular flexibility index (Phi) is 4.80. The van der Waals surface area contributed by atoms with Crippen LogP contribution in [-0.2, 0) is 5.41 Å². The highest BCUT2D eigenvalue weighted by Gasteiger charge is 2.39. The molecule has 166 valence electrons. The quantitative estimate of drug-likeness (QED) is 0.589. The van der Waals surface area contributed by atoms with Crippen molar-refractivity contribution in [2.75, 3.05) is 0 Å². The van der Waals surface area contributed by atoms with E-state index < -0.39 is 7.12 Å². The summed E-state index contributed by atoms with van der Waals surface area (Å²) in [5.41, 5.74) is 8.95. The first-order chi connectivity index (χ1) is 16.4. The third kappa shape index (κ3) is 3.16. The van der Waals surface area contributed by atoms with Gasteiger partial charge in [0.15, 0.2) is 5.84 Å². The summed E-state index contributed by atoms with van der Waals surface area (Å²) in [6, 6.07) is 22.4. The second kappa shape index (κ2) is 7.76. The summed E-state index contributed by atoms with van der Waals surface area (Å²) < 4.78 is 0. The molecule has 1 atom stereocenters. The third-order valence-electron chi connectivity index (χ3n) is 7.26. The molecule has 2 N–H and O–H groups in total. The maximum atomic E-state index is 9.75. The van der Waals surface area contributed by atoms with Gasteiger partial charge in [0.05, 0.1) is 11.4 Å². The summed E-state index contributed by atoms with van der Waals surface area (Å²) >= 11 is 0. The van der Waals surface area contributed by atoms with Crippen molar-refractivity contribution in [1.82, 2.24) is 0 Å². The summed E-state index contributed by atoms with van der Waals surface area (Å²) in [5, 5.41) is 19.5. The molecule has 2 aliphatic carbocycles. The van der Waals surface area contributed by atoms with Gasteiger partial charge in [-0.15, -0.1) is 0 Å². The molecule has 0 saturated heterocycles. The minimum atomic E-state index is -1.49. The zero-order chi connectivity index (χ0) is 23.4. The topological polar surface area (TPSA) is 65.2 Å². The van der Waals surface area contributed by atoms with E-state index in [1.165, 1.54) is 5.56 Å². The van der Waals surface area contributed by atoms with Crippen LogP contribution in [0.5, 0.6) is 0 Å². The van der Waals surface area contributed by atoms with Crippen molar-refractivity contribution in [1.29, 1.82) is 0 Å². The second-order valence-electron chi connectivity index (χ2n) is 9.64. The maximum Gasteiger partial charge on any atom is 0.488 e. The Morgan fingerprint density at radius 1 is 0.882 bits per heavy atom. The van der Waals surface area contributed by atoms with Crippen LogP contribution in [0.25, 0.3) is 11.1 Å². The Bertz CT molecular complexity index is 1430. The lowest BCUT2D eigenvalue weighted by Crippen LogP contribution is -2.31. The van der Waals surface area contributed by atoms with E-state index in [2.05, 4.69) is 74.5 Å². The van der Waals surface area contributed by atoms with Crippen LogP contribution in [-0.4, -0.2) is 28.7 Å². The summed E-state index contributed by atoms with van der Waals surface area (Å²) in [6.07, 6.45) is 7.25. The van der Waals surface area contributed by atoms with Crippen molar-refractivity contribution in [3.05, 3.63) is 113 Å². The van der Waals surface area contributed by atoms with Gasteiger partial charge in [0.2, 0.25) is 0 Å². The van der Waals surface area contributed by atoms with Crippen molar-refractivity contribution in [3.8, 4) is 11.1 Å². The average molecular weight is 444 g/mol. The molecule has 1 unspecified atom stereocenters. The van der Waals surface area contributed by atoms with Gasteiger partial charge in [-0.3, -0.25) is 0 Å². The Morgan fingerprint density at radius 2 is 1.71 bits per heavy atom. The number of amidine groups is 1. The normalized spacial score (nSPS) is 19.4. The van der Waals surface area contributed by atoms with Crippen LogP contribution in [0, 0.1) is 5.92 Å². The highest BCUT2D eigenvalue weighted by atomic mass is 16.4. The number of hydrogen-bond donors (Lipinski definition) is 2. The maximum absolute atomic E-state index is 9.75. The van der Waals surface area contributed by atoms with Crippen LogP contribution >= 0.6 is 0 Å². The van der Waals surface area contributed by atoms with Crippen molar-refractivity contribution < 1.29 is 10.0 Å². The lowest BCUT2D eigenvalue weighted by molar-refractivity contribution is 0.425. The molecule has 4 nitrogen and oxygen atoms in total. The van der Waals surface area contributed by atoms with Crippen LogP contribution in [0.2, 0.25) is 0 Å². The molecule has 1 heterocycles. The molecule has 0 aromatic heterocycles. The first-order valence-corrected chi connectivity index (χ1v) is 11.7. The number of allylic oxidation sites excluding steroid dienone is 4. The van der Waals surface area contributed by atoms with E-state index in [-0.39, 0.29) is 11.3 Å². The Labute approximate surface area is 199 Å². The predicted octanol–water partition coefficient (Wildman–Crippen LogP) is 4.38. The van der Waals surface area contributed by atoms with Gasteiger partial charge in [-0.25, -0.2) is 9.98 Å². The van der Waals surface area contributed by atoms with E-state index in [4.69, 9.17) is 9.98 Å². The number of fused-ring (bicyclic) bond motifs is 4. The van der Waals surface area contributed by atoms with Crippen molar-refractivity contribution >= 4 is 24.1 Å². The van der Waals surface area contributed by atoms with Crippen LogP contribution in [0.3, 0.4) is 0 Å². The smallest absolute Gasteiger partial charge is 0.423 e. The first-order valence-electron chi connectivity index (χ1n) is 11.7. The molecular weight excluding hydrogens is 419 g/mol. The van der Waals surface area contributed by atoms with E-state index in [9.17, 15) is 10.0 Å². The lowest BCUT2D eigenvalue weighted by Gasteiger charge is -2.26. The fourth-order valence-electron chi connectivity index (χ4n) is 5.47. The molecule has 0 spiro atoms. The van der Waals surface area contributed by atoms with E-state index in [0.29, 0.717) is 5.46 Å². The molecule has 3 aliphatic rings. The molecule has 3 aromatic rings. The van der Waals surface area contributed by atoms with Crippen LogP contribution in [0.15, 0.2) is 101 Å². The van der Waals surface area contributed by atoms with Crippen LogP contribution in [0.4, 0.5) is 0 Å². The second-order valence-corrected chi connectivity index (χ2v) is 9.64. The summed E-state index contributed by atoms with van der Waals surface area (Å²) in [5.74, 6) is 0.883. The third-order valence-corrected chi connectivity index (χ3v) is 7.26. The predicted molar refractivity (Wildman–Crippen MR) is 139 cm³/mol. The molecule has 34 heavy (non-hydrogen) atoms. The van der Waals surface area contributed by atoms with Gasteiger partial charge in [-0.2, -0.15) is 0 Å². The number of aliphatic imine (C=N–C) groups is 2. The minimum absolute atomic E-state index is 0.158. The highest BCUT2D eigenvalue weighted by Crippen LogP contribution is 2.50. The highest BCUT2D eigenvalue weighted by molar-refractivity contribution is 6.58. The largest absolute Gasteiger partial charge is 0.488 e. The minimum Gasteiger partial charge on any atom is -0.423 e. The van der Waals surface area contributed by atoms with Crippen molar-refractivity contribution in [2.24, 2.45) is 15.9 Å². The van der Waals surface area contributed by atoms with Gasteiger partial charge in [0.1, 0.15) is 0 Å². The van der Waals surface area contributed by atoms with Crippen molar-refractivity contribution in [3.63, 3.8) is 0 Å². The number of nitrogens with zero attached hydrogens (tertiary/aromatic N) is 2. The Balaban J connectivity index is 1.57. The Hall–Kier alpha value is -3.54. The molecule has 5 heteroatoms. The average Bonchev–Trinajstić information content (AvgIpc) is 3.10. The van der Waals surface area contributed by atoms with Gasteiger partial charge in [0, 0.05) is 16.9 Å². The van der Waals surface area contributed by atoms with E-state index in [1.807, 2.05) is 18.2 Å². The fourth-order valence-corrected chi connectivity index (χ4v) is 5.47. The van der Waals surface area contributed by atoms with Crippen LogP contribution in [0.1, 0.15) is 42.5 Å². The SMILES string of the molecule is CC1(C)c2cc(B(O)O)ccc2-c2c(C3=NC4=CC=CCC4C(c4ccccc4)=N3)cccc21. The van der Waals surface area contributed by atoms with Gasteiger partial charge in [-0.1, -0.05) is 92.7 Å². The van der Waals surface area contributed by atoms with Gasteiger partial charge < -0.3 is 10.0 Å². The molecule has 0 saturated carbocycles. The molecule has 0 amide bonds. The summed E-state index contributed by atoms with van der Waals surface area (Å²) in [4.78, 5) is 10.2. The monoisotopic (exact) mass is 444 g/mol. The van der Waals surface area contributed by atoms with E-state index in [1.54, 1.807) is 6.07 Å². The number of rotatable bonds is 3. The molecule has 0 fully saturated rings. The number of hydrogen-bond acceptors (Lipinski definition) is 4. The van der Waals surface area contributed by atoms with Gasteiger partial charge in [0.25, 0.3) is 0 Å². The zero-order valence-corrected chi connectivity index (χ0v) is 19.2. The van der Waals surface area contributed by atoms with E-state index >= 15 is 0 Å². The van der Waals surface area contributed by atoms with Crippen molar-refractivity contribution in [2.45, 2.75) is 25.7 Å². The first kappa shape index (κ1) is 21.0. The molecule has 6 rings (SSSR count). The lowest BCUT2D eigenvalue weighted by atomic mass is 9.75. The standard InChI is InChI=1S/C29H25BN2O2/c1-29(2)23-13-8-12-22(26(23)20-16-15-19(30(33)34)17-24(20)29)28-31-25-14-7-6-11-21(25)27(32-28)18-9-4-3-5-10-18/h3-10,12-17,21,33-34H,11H2,1-2H3. The summed E-state index contributed by atoms with van der Waals surface area (Å²) in [7, 11) is -1.49. The molecule has 1 aliphatic heterocycles. The number of benzene rings is 3. The molecule has 0 bridgehead atoms. The van der Waals surface area contributed by atoms with Gasteiger partial charge in [-0.05, 0) is 45.8 Å². The van der Waals surface area contributed by atoms with E-state index in [0.717, 1.165) is 51.5 Å². The summed E-state index contributed by atoms with van der Waals surface area (Å²) in [6.45, 7) is 4.36. The zero-order valence-electron chi connectivity index (χ0n) is 19.2.